The molecule has 0 bridgehead atoms. The lowest BCUT2D eigenvalue weighted by Gasteiger charge is -2.22. The lowest BCUT2D eigenvalue weighted by molar-refractivity contribution is 0.110. The molecule has 0 spiro atoms. The Kier molecular flexibility index (Phi) is 4.99. The first-order chi connectivity index (χ1) is 12.0. The predicted octanol–water partition coefficient (Wildman–Crippen LogP) is 3.91. The van der Waals surface area contributed by atoms with Crippen LogP contribution in [0.5, 0.6) is 0 Å². The van der Waals surface area contributed by atoms with Gasteiger partial charge in [0.1, 0.15) is 6.10 Å². The average molecular weight is 346 g/mol. The molecule has 0 saturated carbocycles. The topological polar surface area (TPSA) is 32.8 Å². The summed E-state index contributed by atoms with van der Waals surface area (Å²) in [5, 5.41) is 0. The van der Waals surface area contributed by atoms with Gasteiger partial charge in [-0.05, 0) is 37.2 Å². The molecule has 2 aromatic carbocycles. The van der Waals surface area contributed by atoms with E-state index in [0.29, 0.717) is 23.4 Å². The zero-order valence-corrected chi connectivity index (χ0v) is 14.2. The Bertz CT molecular complexity index is 782. The summed E-state index contributed by atoms with van der Waals surface area (Å²) in [5.74, 6) is -1.83. The number of para-hydroxylation sites is 1. The van der Waals surface area contributed by atoms with Crippen molar-refractivity contribution in [3.05, 3.63) is 54.1 Å². The molecule has 1 atom stereocenters. The number of nitrogens with zero attached hydrogens (tertiary/aromatic N) is 2. The molecule has 1 fully saturated rings. The fourth-order valence-electron chi connectivity index (χ4n) is 2.98. The Morgan fingerprint density at radius 3 is 2.64 bits per heavy atom. The number of carbonyl (C=O) groups excluding carboxylic acids is 1. The highest BCUT2D eigenvalue weighted by Crippen LogP contribution is 2.31. The van der Waals surface area contributed by atoms with Crippen LogP contribution in [0.25, 0.3) is 11.1 Å². The molecule has 0 N–H and O–H groups in total. The summed E-state index contributed by atoms with van der Waals surface area (Å²) in [5.41, 5.74) is 1.70. The van der Waals surface area contributed by atoms with Crippen molar-refractivity contribution in [2.75, 3.05) is 32.1 Å². The van der Waals surface area contributed by atoms with Crippen LogP contribution < -0.4 is 4.90 Å². The van der Waals surface area contributed by atoms with Crippen LogP contribution in [0.1, 0.15) is 6.42 Å². The van der Waals surface area contributed by atoms with E-state index in [0.717, 1.165) is 25.1 Å². The number of anilines is 1. The summed E-state index contributed by atoms with van der Waals surface area (Å²) in [6.45, 7) is 1.61. The van der Waals surface area contributed by atoms with E-state index in [1.165, 1.54) is 11.0 Å². The van der Waals surface area contributed by atoms with Gasteiger partial charge < -0.3 is 9.64 Å². The van der Waals surface area contributed by atoms with Crippen molar-refractivity contribution in [1.82, 2.24) is 4.90 Å². The number of benzene rings is 2. The molecule has 25 heavy (non-hydrogen) atoms. The van der Waals surface area contributed by atoms with E-state index >= 15 is 0 Å². The van der Waals surface area contributed by atoms with E-state index in [1.54, 1.807) is 31.3 Å². The molecular weight excluding hydrogens is 326 g/mol. The molecule has 1 amide bonds. The average Bonchev–Trinajstić information content (AvgIpc) is 3.01. The van der Waals surface area contributed by atoms with Crippen LogP contribution in [0.15, 0.2) is 42.5 Å². The molecule has 3 rings (SSSR count). The summed E-state index contributed by atoms with van der Waals surface area (Å²) >= 11 is 0. The van der Waals surface area contributed by atoms with Crippen molar-refractivity contribution < 1.29 is 18.3 Å². The van der Waals surface area contributed by atoms with E-state index in [1.807, 2.05) is 7.05 Å². The second kappa shape index (κ2) is 7.19. The highest BCUT2D eigenvalue weighted by Gasteiger charge is 2.25. The van der Waals surface area contributed by atoms with Gasteiger partial charge in [-0.3, -0.25) is 4.90 Å². The molecule has 0 unspecified atom stereocenters. The minimum Gasteiger partial charge on any atom is -0.444 e. The quantitative estimate of drug-likeness (QED) is 0.845. The largest absolute Gasteiger partial charge is 0.444 e. The van der Waals surface area contributed by atoms with Crippen LogP contribution in [-0.2, 0) is 4.74 Å². The smallest absolute Gasteiger partial charge is 0.414 e. The molecule has 1 aliphatic heterocycles. The monoisotopic (exact) mass is 346 g/mol. The molecule has 2 aromatic rings. The highest BCUT2D eigenvalue weighted by molar-refractivity contribution is 5.93. The first-order valence-corrected chi connectivity index (χ1v) is 8.13. The Hall–Kier alpha value is -2.47. The summed E-state index contributed by atoms with van der Waals surface area (Å²) < 4.78 is 32.3. The molecule has 6 heteroatoms. The lowest BCUT2D eigenvalue weighted by Crippen LogP contribution is -2.32. The van der Waals surface area contributed by atoms with Crippen LogP contribution in [0.2, 0.25) is 0 Å². The molecule has 0 aliphatic carbocycles. The first-order valence-electron chi connectivity index (χ1n) is 8.13. The van der Waals surface area contributed by atoms with Crippen LogP contribution in [0.3, 0.4) is 0 Å². The van der Waals surface area contributed by atoms with Gasteiger partial charge >= 0.3 is 6.09 Å². The highest BCUT2D eigenvalue weighted by atomic mass is 19.2. The molecule has 0 aromatic heterocycles. The number of halogens is 2. The zero-order chi connectivity index (χ0) is 18.0. The third-order valence-electron chi connectivity index (χ3n) is 4.39. The standard InChI is InChI=1S/C19H20F2N2O2/c1-22-10-9-14(12-22)25-19(24)23(2)18-6-4-3-5-15(18)13-7-8-16(20)17(21)11-13/h3-8,11,14H,9-10,12H2,1-2H3/t14-/m1/s1. The van der Waals surface area contributed by atoms with Crippen molar-refractivity contribution >= 4 is 11.8 Å². The van der Waals surface area contributed by atoms with E-state index in [-0.39, 0.29) is 6.10 Å². The van der Waals surface area contributed by atoms with Crippen LogP contribution >= 0.6 is 0 Å². The molecule has 1 aliphatic rings. The van der Waals surface area contributed by atoms with Gasteiger partial charge in [-0.15, -0.1) is 0 Å². The molecule has 0 radical (unpaired) electrons. The number of hydrogen-bond acceptors (Lipinski definition) is 3. The second-order valence-corrected chi connectivity index (χ2v) is 6.26. The number of likely N-dealkylation sites (tertiary alicyclic amines) is 1. The summed E-state index contributed by atoms with van der Waals surface area (Å²) in [4.78, 5) is 16.0. The SMILES string of the molecule is CN1CC[C@@H](OC(=O)N(C)c2ccccc2-c2ccc(F)c(F)c2)C1. The van der Waals surface area contributed by atoms with Gasteiger partial charge in [0.15, 0.2) is 11.6 Å². The molecule has 132 valence electrons. The van der Waals surface area contributed by atoms with Gasteiger partial charge in [0, 0.05) is 25.7 Å². The van der Waals surface area contributed by atoms with Crippen molar-refractivity contribution in [3.8, 4) is 11.1 Å². The zero-order valence-electron chi connectivity index (χ0n) is 14.2. The number of hydrogen-bond donors (Lipinski definition) is 0. The lowest BCUT2D eigenvalue weighted by atomic mass is 10.0. The summed E-state index contributed by atoms with van der Waals surface area (Å²) in [7, 11) is 3.59. The Labute approximate surface area is 145 Å². The third kappa shape index (κ3) is 3.79. The Morgan fingerprint density at radius 2 is 1.96 bits per heavy atom. The maximum atomic E-state index is 13.6. The fourth-order valence-corrected chi connectivity index (χ4v) is 2.98. The summed E-state index contributed by atoms with van der Waals surface area (Å²) in [6, 6.07) is 10.8. The number of ether oxygens (including phenoxy) is 1. The van der Waals surface area contributed by atoms with Gasteiger partial charge in [0.25, 0.3) is 0 Å². The minimum absolute atomic E-state index is 0.129. The number of amides is 1. The predicted molar refractivity (Wildman–Crippen MR) is 92.6 cm³/mol. The van der Waals surface area contributed by atoms with Crippen molar-refractivity contribution in [3.63, 3.8) is 0 Å². The Morgan fingerprint density at radius 1 is 1.20 bits per heavy atom. The van der Waals surface area contributed by atoms with E-state index < -0.39 is 17.7 Å². The van der Waals surface area contributed by atoms with E-state index in [9.17, 15) is 13.6 Å². The number of likely N-dealkylation sites (N-methyl/N-ethyl adjacent to an activating group) is 1. The van der Waals surface area contributed by atoms with Crippen molar-refractivity contribution in [1.29, 1.82) is 0 Å². The normalized spacial score (nSPS) is 17.5. The van der Waals surface area contributed by atoms with Gasteiger partial charge in [-0.2, -0.15) is 0 Å². The molecule has 4 nitrogen and oxygen atoms in total. The van der Waals surface area contributed by atoms with E-state index in [4.69, 9.17) is 4.74 Å². The number of rotatable bonds is 3. The van der Waals surface area contributed by atoms with Gasteiger partial charge in [-0.1, -0.05) is 24.3 Å². The van der Waals surface area contributed by atoms with E-state index in [2.05, 4.69) is 4.90 Å². The van der Waals surface area contributed by atoms with Crippen molar-refractivity contribution in [2.45, 2.75) is 12.5 Å². The van der Waals surface area contributed by atoms with Crippen LogP contribution in [-0.4, -0.2) is 44.3 Å². The van der Waals surface area contributed by atoms with Crippen LogP contribution in [0, 0.1) is 11.6 Å². The minimum atomic E-state index is -0.925. The maximum absolute atomic E-state index is 13.6. The maximum Gasteiger partial charge on any atom is 0.414 e. The van der Waals surface area contributed by atoms with Gasteiger partial charge in [0.2, 0.25) is 0 Å². The molecule has 1 heterocycles. The first kappa shape index (κ1) is 17.4. The van der Waals surface area contributed by atoms with Crippen LogP contribution in [0.4, 0.5) is 19.3 Å². The summed E-state index contributed by atoms with van der Waals surface area (Å²) in [6.07, 6.45) is 0.215. The molecular formula is C19H20F2N2O2. The number of carbonyl (C=O) groups is 1. The fraction of sp³-hybridized carbons (Fsp3) is 0.316. The molecule has 1 saturated heterocycles. The van der Waals surface area contributed by atoms with Gasteiger partial charge in [0.05, 0.1) is 5.69 Å². The third-order valence-corrected chi connectivity index (χ3v) is 4.39. The second-order valence-electron chi connectivity index (χ2n) is 6.26. The van der Waals surface area contributed by atoms with Gasteiger partial charge in [-0.25, -0.2) is 13.6 Å². The Balaban J connectivity index is 1.84. The van der Waals surface area contributed by atoms with Crippen molar-refractivity contribution in [2.24, 2.45) is 0 Å².